The number of hydrogen-bond acceptors (Lipinski definition) is 20. The van der Waals surface area contributed by atoms with Crippen LogP contribution >= 0.6 is 0 Å². The van der Waals surface area contributed by atoms with Crippen LogP contribution in [0.4, 0.5) is 56.9 Å². The number of fused-ring (bicyclic) bond motifs is 10. The Morgan fingerprint density at radius 2 is 0.358 bits per heavy atom. The second-order valence-corrected chi connectivity index (χ2v) is 21.6. The van der Waals surface area contributed by atoms with E-state index in [4.69, 9.17) is 0 Å². The number of phenolic OH excluding ortho intramolecular Hbond substituents is 5. The molecule has 0 saturated carbocycles. The molecule has 25 nitrogen and oxygen atoms in total. The van der Waals surface area contributed by atoms with Crippen molar-refractivity contribution >= 4 is 86.7 Å². The number of phenols is 5. The number of nitrogens with zero attached hydrogens (tertiary/aromatic N) is 10. The molecule has 0 unspecified atom stereocenters. The topological polar surface area (TPSA) is 411 Å². The summed E-state index contributed by atoms with van der Waals surface area (Å²) in [6.07, 6.45) is -1.73. The Labute approximate surface area is 537 Å². The minimum Gasteiger partial charge on any atom is -0.507 e. The fourth-order valence-electron chi connectivity index (χ4n) is 10.6. The van der Waals surface area contributed by atoms with Gasteiger partial charge in [-0.05, 0) is 121 Å². The zero-order valence-corrected chi connectivity index (χ0v) is 49.3. The van der Waals surface area contributed by atoms with E-state index < -0.39 is 58.6 Å². The Morgan fingerprint density at radius 1 is 0.221 bits per heavy atom. The number of rotatable bonds is 15. The highest BCUT2D eigenvalue weighted by Crippen LogP contribution is 2.44. The predicted octanol–water partition coefficient (Wildman–Crippen LogP) is 17.0. The third kappa shape index (κ3) is 14.3. The van der Waals surface area contributed by atoms with Crippen LogP contribution in [0.5, 0.6) is 28.7 Å². The molecule has 0 saturated heterocycles. The molecule has 10 aromatic carbocycles. The van der Waals surface area contributed by atoms with Crippen molar-refractivity contribution in [2.75, 3.05) is 0 Å². The molecule has 0 spiro atoms. The first-order valence-corrected chi connectivity index (χ1v) is 28.7. The molecule has 0 heterocycles. The Balaban J connectivity index is 1.18. The number of carboxylic acids is 5. The van der Waals surface area contributed by atoms with E-state index in [-0.39, 0.29) is 172 Å². The van der Waals surface area contributed by atoms with Crippen LogP contribution in [-0.4, -0.2) is 80.9 Å². The van der Waals surface area contributed by atoms with Crippen molar-refractivity contribution in [1.82, 2.24) is 0 Å². The van der Waals surface area contributed by atoms with Crippen LogP contribution in [0.15, 0.2) is 233 Å². The van der Waals surface area contributed by atoms with E-state index in [1.807, 2.05) is 0 Å². The van der Waals surface area contributed by atoms with E-state index in [1.54, 1.807) is 30.3 Å². The summed E-state index contributed by atoms with van der Waals surface area (Å²) in [7, 11) is 0. The molecule has 10 aromatic rings. The summed E-state index contributed by atoms with van der Waals surface area (Å²) in [5.41, 5.74) is -0.371. The lowest BCUT2D eigenvalue weighted by molar-refractivity contribution is 0.0687. The number of aromatic carboxylic acids is 5. The first-order valence-electron chi connectivity index (χ1n) is 28.7. The van der Waals surface area contributed by atoms with Gasteiger partial charge in [0.25, 0.3) is 0 Å². The van der Waals surface area contributed by atoms with Gasteiger partial charge in [-0.1, -0.05) is 60.7 Å². The molecule has 470 valence electrons. The maximum atomic E-state index is 12.6. The summed E-state index contributed by atoms with van der Waals surface area (Å²) < 4.78 is 0. The number of azo groups is 5. The summed E-state index contributed by atoms with van der Waals surface area (Å²) in [6, 6.07) is 43.2. The zero-order valence-electron chi connectivity index (χ0n) is 49.3. The highest BCUT2D eigenvalue weighted by molar-refractivity contribution is 5.95. The van der Waals surface area contributed by atoms with Crippen molar-refractivity contribution < 1.29 is 75.0 Å². The SMILES string of the molecule is O=C(O)c1ccccc1N=Nc1cc2c(O)c(c1)Cc1cc(N=Nc3ccccc3C(=O)O)cc(c1O)Cc1cc(N=Nc3ccccc3C(=O)O)cc(c1O)Cc1cc(N=Nc3ccccc3C(=O)O)cc(c1O)Cc1cc(N=Nc3ccccc3C(=O)O)cc(c1O)C2. The molecule has 25 heteroatoms. The van der Waals surface area contributed by atoms with Crippen molar-refractivity contribution in [2.24, 2.45) is 51.1 Å². The average Bonchev–Trinajstić information content (AvgIpc) is 0.803. The van der Waals surface area contributed by atoms with E-state index in [9.17, 15) is 75.0 Å². The van der Waals surface area contributed by atoms with Crippen molar-refractivity contribution in [3.63, 3.8) is 0 Å². The summed E-state index contributed by atoms with van der Waals surface area (Å²) in [5.74, 6) is -8.55. The standard InChI is InChI=1S/C70H50N10O15/c81-61-36-21-38-28-47(72-77-57-17-7-2-12-52(57)67(88)89)30-40(62(38)82)23-42-32-49(74-79-59-19-9-4-14-54(59)69(92)93)34-44(64(42)84)25-45-35-50(75-80-60-20-10-5-15-55(60)70(94)95)33-43(65(45)85)24-41-31-48(73-78-58-18-8-3-13-53(58)68(90)91)29-39(63(41)83)22-37(61)27-46(26-36)71-76-56-16-6-1-11-51(56)66(86)87/h1-20,26-35,81-85H,21-25H2,(H,86,87)(H,88,89)(H,90,91)(H,92,93)(H,94,95). The summed E-state index contributed by atoms with van der Waals surface area (Å²) >= 11 is 0. The van der Waals surface area contributed by atoms with Crippen LogP contribution in [0.2, 0.25) is 0 Å². The molecule has 0 radical (unpaired) electrons. The summed E-state index contributed by atoms with van der Waals surface area (Å²) in [4.78, 5) is 61.6. The third-order valence-corrected chi connectivity index (χ3v) is 15.2. The molecule has 10 bridgehead atoms. The molecular weight excluding hydrogens is 1220 g/mol. The van der Waals surface area contributed by atoms with E-state index in [2.05, 4.69) is 51.1 Å². The highest BCUT2D eigenvalue weighted by Gasteiger charge is 2.25. The predicted molar refractivity (Wildman–Crippen MR) is 342 cm³/mol. The first kappa shape index (κ1) is 63.1. The van der Waals surface area contributed by atoms with Gasteiger partial charge in [-0.2, -0.15) is 25.6 Å². The van der Waals surface area contributed by atoms with Crippen LogP contribution in [-0.2, 0) is 32.1 Å². The number of hydrogen-bond donors (Lipinski definition) is 10. The van der Waals surface area contributed by atoms with Gasteiger partial charge >= 0.3 is 29.8 Å². The maximum absolute atomic E-state index is 12.6. The third-order valence-electron chi connectivity index (χ3n) is 15.2. The fraction of sp³-hybridized carbons (Fsp3) is 0.0714. The van der Waals surface area contributed by atoms with Crippen molar-refractivity contribution in [3.8, 4) is 28.7 Å². The van der Waals surface area contributed by atoms with Gasteiger partial charge in [0.1, 0.15) is 57.2 Å². The van der Waals surface area contributed by atoms with Gasteiger partial charge in [0.2, 0.25) is 0 Å². The summed E-state index contributed by atoms with van der Waals surface area (Å²) in [6.45, 7) is 0. The summed E-state index contributed by atoms with van der Waals surface area (Å²) in [5, 5.41) is 157. The van der Waals surface area contributed by atoms with E-state index in [1.165, 1.54) is 152 Å². The molecule has 11 rings (SSSR count). The smallest absolute Gasteiger partial charge is 0.337 e. The van der Waals surface area contributed by atoms with Crippen LogP contribution in [0.3, 0.4) is 0 Å². The highest BCUT2D eigenvalue weighted by atomic mass is 16.4. The lowest BCUT2D eigenvalue weighted by atomic mass is 9.90. The second kappa shape index (κ2) is 27.3. The Kier molecular flexibility index (Phi) is 18.2. The van der Waals surface area contributed by atoms with Gasteiger partial charge in [0.05, 0.1) is 56.3 Å². The van der Waals surface area contributed by atoms with Crippen LogP contribution < -0.4 is 0 Å². The Morgan fingerprint density at radius 3 is 0.495 bits per heavy atom. The number of carboxylic acid groups (broad SMARTS) is 5. The molecule has 0 atom stereocenters. The molecule has 1 aliphatic rings. The second-order valence-electron chi connectivity index (χ2n) is 21.6. The van der Waals surface area contributed by atoms with E-state index in [0.29, 0.717) is 0 Å². The molecule has 0 aliphatic heterocycles. The number of aromatic hydroxyl groups is 5. The minimum atomic E-state index is -1.30. The quantitative estimate of drug-likeness (QED) is 0.0426. The van der Waals surface area contributed by atoms with Crippen LogP contribution in [0.25, 0.3) is 0 Å². The molecule has 0 amide bonds. The van der Waals surface area contributed by atoms with Gasteiger partial charge < -0.3 is 51.1 Å². The lowest BCUT2D eigenvalue weighted by Gasteiger charge is -2.18. The lowest BCUT2D eigenvalue weighted by Crippen LogP contribution is -2.01. The number of carbonyl (C=O) groups is 5. The van der Waals surface area contributed by atoms with Crippen molar-refractivity contribution in [1.29, 1.82) is 0 Å². The van der Waals surface area contributed by atoms with Gasteiger partial charge in [-0.25, -0.2) is 24.0 Å². The van der Waals surface area contributed by atoms with Crippen LogP contribution in [0.1, 0.15) is 107 Å². The largest absolute Gasteiger partial charge is 0.507 e. The molecule has 0 fully saturated rings. The first-order chi connectivity index (χ1) is 45.7. The zero-order chi connectivity index (χ0) is 67.0. The van der Waals surface area contributed by atoms with Gasteiger partial charge in [-0.15, -0.1) is 25.6 Å². The van der Waals surface area contributed by atoms with Crippen LogP contribution in [0, 0.1) is 0 Å². The molecule has 95 heavy (non-hydrogen) atoms. The average molecular weight is 1270 g/mol. The maximum Gasteiger partial charge on any atom is 0.337 e. The fourth-order valence-corrected chi connectivity index (χ4v) is 10.6. The molecule has 10 N–H and O–H groups in total. The van der Waals surface area contributed by atoms with Gasteiger partial charge in [0.15, 0.2) is 0 Å². The number of benzene rings is 10. The Bertz CT molecular complexity index is 4140. The van der Waals surface area contributed by atoms with Crippen molar-refractivity contribution in [2.45, 2.75) is 32.1 Å². The normalized spacial score (nSPS) is 12.4. The van der Waals surface area contributed by atoms with E-state index in [0.717, 1.165) is 0 Å². The van der Waals surface area contributed by atoms with Gasteiger partial charge in [0, 0.05) is 87.7 Å². The molecule has 1 aliphatic carbocycles. The Hall–Kier alpha value is -13.5. The minimum absolute atomic E-state index is 0.0283. The molecular formula is C70H50N10O15. The molecule has 0 aromatic heterocycles. The van der Waals surface area contributed by atoms with Crippen molar-refractivity contribution in [3.05, 3.63) is 265 Å². The monoisotopic (exact) mass is 1270 g/mol. The van der Waals surface area contributed by atoms with Gasteiger partial charge in [-0.3, -0.25) is 0 Å². The van der Waals surface area contributed by atoms with E-state index >= 15 is 0 Å².